The van der Waals surface area contributed by atoms with Crippen molar-refractivity contribution in [2.45, 2.75) is 17.9 Å². The normalized spacial score (nSPS) is 12.7. The zero-order valence-electron chi connectivity index (χ0n) is 11.5. The van der Waals surface area contributed by atoms with Crippen LogP contribution in [0.2, 0.25) is 0 Å². The first-order chi connectivity index (χ1) is 9.91. The van der Waals surface area contributed by atoms with E-state index in [1.807, 2.05) is 37.3 Å². The molecule has 3 nitrogen and oxygen atoms in total. The third-order valence-corrected chi connectivity index (χ3v) is 4.31. The molecule has 1 atom stereocenters. The highest BCUT2D eigenvalue weighted by Crippen LogP contribution is 2.33. The standard InChI is InChI=1S/C16H15ClO3S/c1-3-12(2)20-16-10-9-14(21(17,18)19)11-15(16)13-7-5-4-6-8-13/h3-12H,1H2,2H3. The molecular formula is C16H15ClO3S. The van der Waals surface area contributed by atoms with Gasteiger partial charge in [-0.1, -0.05) is 43.0 Å². The summed E-state index contributed by atoms with van der Waals surface area (Å²) in [5.74, 6) is 0.581. The van der Waals surface area contributed by atoms with E-state index in [9.17, 15) is 8.42 Å². The monoisotopic (exact) mass is 322 g/mol. The molecule has 0 aliphatic heterocycles. The van der Waals surface area contributed by atoms with Gasteiger partial charge in [-0.25, -0.2) is 8.42 Å². The summed E-state index contributed by atoms with van der Waals surface area (Å²) in [7, 11) is 1.63. The molecule has 0 bridgehead atoms. The van der Waals surface area contributed by atoms with Gasteiger partial charge in [0.2, 0.25) is 0 Å². The van der Waals surface area contributed by atoms with Crippen molar-refractivity contribution in [2.75, 3.05) is 0 Å². The maximum Gasteiger partial charge on any atom is 0.261 e. The average Bonchev–Trinajstić information content (AvgIpc) is 2.47. The van der Waals surface area contributed by atoms with Gasteiger partial charge < -0.3 is 4.74 Å². The van der Waals surface area contributed by atoms with Gasteiger partial charge in [-0.3, -0.25) is 0 Å². The highest BCUT2D eigenvalue weighted by Gasteiger charge is 2.15. The van der Waals surface area contributed by atoms with Gasteiger partial charge in [0, 0.05) is 16.2 Å². The molecule has 0 spiro atoms. The van der Waals surface area contributed by atoms with Crippen LogP contribution in [0.3, 0.4) is 0 Å². The number of hydrogen-bond acceptors (Lipinski definition) is 3. The van der Waals surface area contributed by atoms with Gasteiger partial charge in [-0.05, 0) is 30.7 Å². The van der Waals surface area contributed by atoms with Crippen molar-refractivity contribution < 1.29 is 13.2 Å². The predicted octanol–water partition coefficient (Wildman–Crippen LogP) is 4.23. The summed E-state index contributed by atoms with van der Waals surface area (Å²) in [6.07, 6.45) is 1.48. The zero-order valence-corrected chi connectivity index (χ0v) is 13.1. The molecule has 0 aliphatic carbocycles. The first kappa shape index (κ1) is 15.6. The molecule has 5 heteroatoms. The molecule has 1 unspecified atom stereocenters. The van der Waals surface area contributed by atoms with Gasteiger partial charge in [0.05, 0.1) is 4.90 Å². The van der Waals surface area contributed by atoms with Crippen molar-refractivity contribution in [3.63, 3.8) is 0 Å². The summed E-state index contributed by atoms with van der Waals surface area (Å²) < 4.78 is 28.8. The minimum atomic E-state index is -3.79. The predicted molar refractivity (Wildman–Crippen MR) is 85.2 cm³/mol. The lowest BCUT2D eigenvalue weighted by Gasteiger charge is -2.15. The smallest absolute Gasteiger partial charge is 0.261 e. The van der Waals surface area contributed by atoms with E-state index in [0.717, 1.165) is 5.56 Å². The lowest BCUT2D eigenvalue weighted by molar-refractivity contribution is 0.271. The number of hydrogen-bond donors (Lipinski definition) is 0. The number of benzene rings is 2. The van der Waals surface area contributed by atoms with E-state index in [0.29, 0.717) is 11.3 Å². The Hall–Kier alpha value is -1.78. The quantitative estimate of drug-likeness (QED) is 0.611. The molecule has 2 aromatic carbocycles. The molecule has 0 heterocycles. The van der Waals surface area contributed by atoms with Gasteiger partial charge in [-0.2, -0.15) is 0 Å². The molecule has 110 valence electrons. The van der Waals surface area contributed by atoms with Crippen LogP contribution in [-0.4, -0.2) is 14.5 Å². The second-order valence-corrected chi connectivity index (χ2v) is 7.09. The van der Waals surface area contributed by atoms with E-state index >= 15 is 0 Å². The van der Waals surface area contributed by atoms with Crippen LogP contribution in [-0.2, 0) is 9.05 Å². The summed E-state index contributed by atoms with van der Waals surface area (Å²) in [4.78, 5) is 0.0432. The first-order valence-corrected chi connectivity index (χ1v) is 8.66. The fourth-order valence-corrected chi connectivity index (χ4v) is 2.63. The molecule has 2 aromatic rings. The zero-order chi connectivity index (χ0) is 15.5. The fourth-order valence-electron chi connectivity index (χ4n) is 1.86. The topological polar surface area (TPSA) is 43.4 Å². The van der Waals surface area contributed by atoms with E-state index in [-0.39, 0.29) is 11.0 Å². The lowest BCUT2D eigenvalue weighted by atomic mass is 10.0. The minimum absolute atomic E-state index is 0.0432. The van der Waals surface area contributed by atoms with E-state index in [1.165, 1.54) is 12.1 Å². The Balaban J connectivity index is 2.58. The second-order valence-electron chi connectivity index (χ2n) is 4.52. The summed E-state index contributed by atoms with van der Waals surface area (Å²) >= 11 is 0. The lowest BCUT2D eigenvalue weighted by Crippen LogP contribution is -2.08. The van der Waals surface area contributed by atoms with Crippen LogP contribution >= 0.6 is 10.7 Å². The molecule has 0 saturated carbocycles. The van der Waals surface area contributed by atoms with Crippen molar-refractivity contribution in [2.24, 2.45) is 0 Å². The number of halogens is 1. The Labute approximate surface area is 129 Å². The Morgan fingerprint density at radius 2 is 1.86 bits per heavy atom. The number of ether oxygens (including phenoxy) is 1. The summed E-state index contributed by atoms with van der Waals surface area (Å²) in [5.41, 5.74) is 1.52. The second kappa shape index (κ2) is 6.33. The highest BCUT2D eigenvalue weighted by atomic mass is 35.7. The van der Waals surface area contributed by atoms with Crippen LogP contribution in [0, 0.1) is 0 Å². The number of rotatable bonds is 5. The Morgan fingerprint density at radius 3 is 2.43 bits per heavy atom. The average molecular weight is 323 g/mol. The molecule has 21 heavy (non-hydrogen) atoms. The first-order valence-electron chi connectivity index (χ1n) is 6.35. The Morgan fingerprint density at radius 1 is 1.19 bits per heavy atom. The van der Waals surface area contributed by atoms with Crippen LogP contribution in [0.15, 0.2) is 66.1 Å². The molecule has 0 aromatic heterocycles. The maximum absolute atomic E-state index is 11.5. The van der Waals surface area contributed by atoms with E-state index in [1.54, 1.807) is 12.1 Å². The molecule has 0 amide bonds. The summed E-state index contributed by atoms with van der Waals surface area (Å²) in [5, 5.41) is 0. The van der Waals surface area contributed by atoms with Crippen molar-refractivity contribution in [1.82, 2.24) is 0 Å². The Bertz CT molecular complexity index is 739. The molecule has 0 aliphatic rings. The van der Waals surface area contributed by atoms with E-state index in [4.69, 9.17) is 15.4 Å². The highest BCUT2D eigenvalue weighted by molar-refractivity contribution is 8.13. The van der Waals surface area contributed by atoms with Gasteiger partial charge in [-0.15, -0.1) is 0 Å². The molecule has 0 fully saturated rings. The minimum Gasteiger partial charge on any atom is -0.486 e. The summed E-state index contributed by atoms with van der Waals surface area (Å²) in [6.45, 7) is 5.53. The van der Waals surface area contributed by atoms with Crippen molar-refractivity contribution >= 4 is 19.7 Å². The molecule has 0 radical (unpaired) electrons. The van der Waals surface area contributed by atoms with E-state index in [2.05, 4.69) is 6.58 Å². The van der Waals surface area contributed by atoms with E-state index < -0.39 is 9.05 Å². The van der Waals surface area contributed by atoms with Gasteiger partial charge in [0.15, 0.2) is 0 Å². The molecule has 0 N–H and O–H groups in total. The van der Waals surface area contributed by atoms with Gasteiger partial charge in [0.25, 0.3) is 9.05 Å². The van der Waals surface area contributed by atoms with Crippen molar-refractivity contribution in [3.05, 3.63) is 61.2 Å². The van der Waals surface area contributed by atoms with Crippen LogP contribution in [0.5, 0.6) is 5.75 Å². The van der Waals surface area contributed by atoms with Crippen LogP contribution < -0.4 is 4.74 Å². The van der Waals surface area contributed by atoms with Crippen molar-refractivity contribution in [1.29, 1.82) is 0 Å². The third kappa shape index (κ3) is 3.86. The summed E-state index contributed by atoms with van der Waals surface area (Å²) in [6, 6.07) is 13.9. The van der Waals surface area contributed by atoms with Gasteiger partial charge in [0.1, 0.15) is 11.9 Å². The third-order valence-electron chi connectivity index (χ3n) is 2.96. The Kier molecular flexibility index (Phi) is 4.70. The SMILES string of the molecule is C=CC(C)Oc1ccc(S(=O)(=O)Cl)cc1-c1ccccc1. The largest absolute Gasteiger partial charge is 0.486 e. The molecular weight excluding hydrogens is 308 g/mol. The molecule has 2 rings (SSSR count). The van der Waals surface area contributed by atoms with Crippen LogP contribution in [0.4, 0.5) is 0 Å². The van der Waals surface area contributed by atoms with Gasteiger partial charge >= 0.3 is 0 Å². The molecule has 0 saturated heterocycles. The van der Waals surface area contributed by atoms with Crippen molar-refractivity contribution in [3.8, 4) is 16.9 Å². The van der Waals surface area contributed by atoms with Crippen LogP contribution in [0.1, 0.15) is 6.92 Å². The fraction of sp³-hybridized carbons (Fsp3) is 0.125. The maximum atomic E-state index is 11.5. The van der Waals surface area contributed by atoms with Crippen LogP contribution in [0.25, 0.3) is 11.1 Å².